The van der Waals surface area contributed by atoms with Crippen LogP contribution in [0.25, 0.3) is 0 Å². The van der Waals surface area contributed by atoms with Gasteiger partial charge in [-0.25, -0.2) is 0 Å². The van der Waals surface area contributed by atoms with Gasteiger partial charge in [0, 0.05) is 0 Å². The zero-order valence-corrected chi connectivity index (χ0v) is 8.50. The van der Waals surface area contributed by atoms with Gasteiger partial charge in [0.15, 0.2) is 0 Å². The van der Waals surface area contributed by atoms with E-state index in [-0.39, 0.29) is 0 Å². The van der Waals surface area contributed by atoms with E-state index in [9.17, 15) is 0 Å². The van der Waals surface area contributed by atoms with Crippen LogP contribution in [-0.4, -0.2) is 8.45 Å². The van der Waals surface area contributed by atoms with Gasteiger partial charge in [-0.15, -0.1) is 0 Å². The quantitative estimate of drug-likeness (QED) is 0.546. The second kappa shape index (κ2) is 3.82. The van der Waals surface area contributed by atoms with Gasteiger partial charge in [0.2, 0.25) is 0 Å². The Labute approximate surface area is 75.5 Å². The van der Waals surface area contributed by atoms with Crippen molar-refractivity contribution in [2.45, 2.75) is 51.4 Å². The van der Waals surface area contributed by atoms with Gasteiger partial charge >= 0.3 is 75.2 Å². The number of hydrogen-bond donors (Lipinski definition) is 0. The molecule has 2 aliphatic rings. The summed E-state index contributed by atoms with van der Waals surface area (Å²) < 4.78 is 3.91. The topological polar surface area (TPSA) is 0 Å². The first-order chi connectivity index (χ1) is 5.45. The Kier molecular flexibility index (Phi) is 2.76. The zero-order valence-electron chi connectivity index (χ0n) is 7.10. The monoisotopic (exact) mass is 187 g/mol. The van der Waals surface area contributed by atoms with Crippen LogP contribution in [0.4, 0.5) is 0 Å². The molecular formula is C10H16V. The molecule has 0 spiro atoms. The van der Waals surface area contributed by atoms with Crippen molar-refractivity contribution in [1.82, 2.24) is 0 Å². The fourth-order valence-corrected chi connectivity index (χ4v) is 4.40. The van der Waals surface area contributed by atoms with Crippen molar-refractivity contribution in [3.05, 3.63) is 0 Å². The van der Waals surface area contributed by atoms with E-state index in [4.69, 9.17) is 0 Å². The summed E-state index contributed by atoms with van der Waals surface area (Å²) in [6, 6.07) is 0. The molecule has 0 atom stereocenters. The van der Waals surface area contributed by atoms with Gasteiger partial charge in [-0.2, -0.15) is 0 Å². The summed E-state index contributed by atoms with van der Waals surface area (Å²) in [5.41, 5.74) is 0. The summed E-state index contributed by atoms with van der Waals surface area (Å²) in [5.74, 6) is 0. The fourth-order valence-electron chi connectivity index (χ4n) is 2.01. The Morgan fingerprint density at radius 1 is 0.636 bits per heavy atom. The summed E-state index contributed by atoms with van der Waals surface area (Å²) in [4.78, 5) is 0. The Hall–Kier alpha value is 0.324. The molecule has 0 amide bonds. The van der Waals surface area contributed by atoms with Crippen LogP contribution in [0, 0.1) is 0 Å². The molecule has 0 aromatic carbocycles. The Bertz CT molecular complexity index is 173. The predicted octanol–water partition coefficient (Wildman–Crippen LogP) is 2.56. The molecule has 0 aliphatic heterocycles. The minimum atomic E-state index is 0.594. The standard InChI is InChI=1S/2C5H8.V/c2*1-2-4-5-3-1;/h2*1-4H2;. The van der Waals surface area contributed by atoms with E-state index in [1.54, 1.807) is 0 Å². The SMILES string of the molecule is C1CC[C](=[V]=[C]2CCCC2)C1. The molecule has 1 heteroatoms. The van der Waals surface area contributed by atoms with Crippen molar-refractivity contribution in [2.75, 3.05) is 0 Å². The molecule has 2 fully saturated rings. The molecule has 0 nitrogen and oxygen atoms in total. The Morgan fingerprint density at radius 3 is 1.36 bits per heavy atom. The van der Waals surface area contributed by atoms with Crippen LogP contribution in [0.1, 0.15) is 51.4 Å². The predicted molar refractivity (Wildman–Crippen MR) is 47.0 cm³/mol. The van der Waals surface area contributed by atoms with Crippen LogP contribution >= 0.6 is 0 Å². The van der Waals surface area contributed by atoms with Crippen molar-refractivity contribution in [1.29, 1.82) is 0 Å². The van der Waals surface area contributed by atoms with Crippen LogP contribution in [0.2, 0.25) is 0 Å². The third kappa shape index (κ3) is 2.13. The molecule has 0 aromatic rings. The first-order valence-corrected chi connectivity index (χ1v) is 6.26. The van der Waals surface area contributed by atoms with Crippen LogP contribution < -0.4 is 0 Å². The Balaban J connectivity index is 2.13. The van der Waals surface area contributed by atoms with Crippen LogP contribution in [0.15, 0.2) is 0 Å². The van der Waals surface area contributed by atoms with E-state index in [0.29, 0.717) is 15.4 Å². The molecule has 0 bridgehead atoms. The molecule has 0 heterocycles. The molecule has 0 unspecified atom stereocenters. The van der Waals surface area contributed by atoms with Crippen LogP contribution in [0.5, 0.6) is 0 Å². The van der Waals surface area contributed by atoms with Crippen molar-refractivity contribution < 1.29 is 15.4 Å². The van der Waals surface area contributed by atoms with E-state index in [1.807, 2.05) is 8.45 Å². The van der Waals surface area contributed by atoms with Crippen molar-refractivity contribution in [3.8, 4) is 0 Å². The van der Waals surface area contributed by atoms with Crippen LogP contribution in [-0.2, 0) is 15.4 Å². The zero-order chi connectivity index (χ0) is 7.52. The fraction of sp³-hybridized carbons (Fsp3) is 0.800. The van der Waals surface area contributed by atoms with Gasteiger partial charge in [-0.3, -0.25) is 0 Å². The van der Waals surface area contributed by atoms with E-state index >= 15 is 0 Å². The Morgan fingerprint density at radius 2 is 1.00 bits per heavy atom. The van der Waals surface area contributed by atoms with E-state index in [1.165, 1.54) is 51.4 Å². The maximum absolute atomic E-state index is 1.96. The first kappa shape index (κ1) is 7.95. The normalized spacial score (nSPS) is 24.4. The first-order valence-electron chi connectivity index (χ1n) is 4.86. The van der Waals surface area contributed by atoms with Crippen molar-refractivity contribution in [2.24, 2.45) is 0 Å². The summed E-state index contributed by atoms with van der Waals surface area (Å²) in [7, 11) is 0. The number of hydrogen-bond acceptors (Lipinski definition) is 0. The van der Waals surface area contributed by atoms with Gasteiger partial charge in [-0.1, -0.05) is 0 Å². The van der Waals surface area contributed by atoms with E-state index < -0.39 is 0 Å². The molecule has 0 aromatic heterocycles. The third-order valence-electron chi connectivity index (χ3n) is 2.68. The molecule has 61 valence electrons. The van der Waals surface area contributed by atoms with Gasteiger partial charge in [0.1, 0.15) is 0 Å². The average molecular weight is 187 g/mol. The van der Waals surface area contributed by atoms with Crippen LogP contribution in [0.3, 0.4) is 0 Å². The van der Waals surface area contributed by atoms with E-state index in [0.717, 1.165) is 0 Å². The van der Waals surface area contributed by atoms with Gasteiger partial charge in [-0.05, 0) is 0 Å². The molecule has 2 aliphatic carbocycles. The molecular weight excluding hydrogens is 171 g/mol. The number of rotatable bonds is 0. The molecule has 11 heavy (non-hydrogen) atoms. The second-order valence-corrected chi connectivity index (χ2v) is 5.98. The van der Waals surface area contributed by atoms with Gasteiger partial charge in [0.25, 0.3) is 0 Å². The maximum atomic E-state index is 1.96. The summed E-state index contributed by atoms with van der Waals surface area (Å²) in [5, 5.41) is 0. The molecule has 0 N–H and O–H groups in total. The van der Waals surface area contributed by atoms with Crippen molar-refractivity contribution in [3.63, 3.8) is 0 Å². The third-order valence-corrected chi connectivity index (χ3v) is 5.06. The van der Waals surface area contributed by atoms with Crippen molar-refractivity contribution >= 4 is 8.45 Å². The molecule has 0 saturated heterocycles. The summed E-state index contributed by atoms with van der Waals surface area (Å²) in [6.07, 6.45) is 12.0. The summed E-state index contributed by atoms with van der Waals surface area (Å²) >= 11 is 0.594. The average Bonchev–Trinajstić information content (AvgIpc) is 2.60. The molecule has 2 rings (SSSR count). The van der Waals surface area contributed by atoms with E-state index in [2.05, 4.69) is 0 Å². The van der Waals surface area contributed by atoms with Gasteiger partial charge in [0.05, 0.1) is 0 Å². The van der Waals surface area contributed by atoms with Gasteiger partial charge < -0.3 is 0 Å². The molecule has 0 radical (unpaired) electrons. The second-order valence-electron chi connectivity index (χ2n) is 3.66. The minimum absolute atomic E-state index is 0.594. The summed E-state index contributed by atoms with van der Waals surface area (Å²) in [6.45, 7) is 0. The molecule has 2 saturated carbocycles.